The van der Waals surface area contributed by atoms with Crippen LogP contribution in [0.4, 0.5) is 5.82 Å². The zero-order chi connectivity index (χ0) is 12.0. The smallest absolute Gasteiger partial charge is 0.341 e. The van der Waals surface area contributed by atoms with Crippen LogP contribution in [0.1, 0.15) is 24.2 Å². The van der Waals surface area contributed by atoms with Crippen molar-refractivity contribution in [2.45, 2.75) is 19.9 Å². The molecule has 0 aliphatic carbocycles. The number of aromatic nitrogens is 1. The highest BCUT2D eigenvalue weighted by atomic mass is 16.5. The van der Waals surface area contributed by atoms with Crippen LogP contribution in [0, 0.1) is 0 Å². The van der Waals surface area contributed by atoms with Crippen LogP contribution < -0.4 is 11.1 Å². The van der Waals surface area contributed by atoms with Crippen molar-refractivity contribution < 1.29 is 9.53 Å². The first-order valence-corrected chi connectivity index (χ1v) is 5.26. The number of ether oxygens (including phenoxy) is 1. The second kappa shape index (κ2) is 6.07. The second-order valence-corrected chi connectivity index (χ2v) is 3.48. The predicted molar refractivity (Wildman–Crippen MR) is 62.3 cm³/mol. The topological polar surface area (TPSA) is 77.2 Å². The molecule has 1 unspecified atom stereocenters. The Balaban J connectivity index is 2.78. The second-order valence-electron chi connectivity index (χ2n) is 3.48. The van der Waals surface area contributed by atoms with Gasteiger partial charge in [0.2, 0.25) is 0 Å². The van der Waals surface area contributed by atoms with E-state index in [-0.39, 0.29) is 12.0 Å². The first-order valence-electron chi connectivity index (χ1n) is 5.26. The molecule has 0 aliphatic rings. The van der Waals surface area contributed by atoms with Crippen LogP contribution in [0.25, 0.3) is 0 Å². The Kier molecular flexibility index (Phi) is 4.72. The molecule has 0 bridgehead atoms. The first kappa shape index (κ1) is 12.4. The number of nitrogens with zero attached hydrogens (tertiary/aromatic N) is 1. The highest BCUT2D eigenvalue weighted by Gasteiger charge is 2.12. The lowest BCUT2D eigenvalue weighted by Gasteiger charge is -2.11. The van der Waals surface area contributed by atoms with Gasteiger partial charge in [-0.15, -0.1) is 0 Å². The number of nitrogens with two attached hydrogens (primary N) is 1. The van der Waals surface area contributed by atoms with Crippen molar-refractivity contribution in [2.75, 3.05) is 18.5 Å². The molecule has 0 fully saturated rings. The van der Waals surface area contributed by atoms with E-state index in [1.54, 1.807) is 25.3 Å². The summed E-state index contributed by atoms with van der Waals surface area (Å²) in [7, 11) is 0. The molecule has 3 N–H and O–H groups in total. The molecule has 0 spiro atoms. The molecule has 1 atom stereocenters. The van der Waals surface area contributed by atoms with Crippen LogP contribution in [0.3, 0.4) is 0 Å². The average molecular weight is 223 g/mol. The fourth-order valence-electron chi connectivity index (χ4n) is 1.18. The standard InChI is InChI=1S/C11H17N3O2/c1-3-16-11(15)9-5-4-6-13-10(9)14-7-8(2)12/h4-6,8H,3,7,12H2,1-2H3,(H,13,14). The van der Waals surface area contributed by atoms with E-state index in [0.717, 1.165) is 0 Å². The van der Waals surface area contributed by atoms with E-state index in [2.05, 4.69) is 10.3 Å². The summed E-state index contributed by atoms with van der Waals surface area (Å²) in [5, 5.41) is 3.02. The molecular formula is C11H17N3O2. The average Bonchev–Trinajstić information content (AvgIpc) is 2.27. The Bertz CT molecular complexity index is 353. The molecule has 0 aliphatic heterocycles. The van der Waals surface area contributed by atoms with Crippen molar-refractivity contribution in [1.29, 1.82) is 0 Å². The van der Waals surface area contributed by atoms with Gasteiger partial charge in [0.05, 0.1) is 6.61 Å². The number of nitrogens with one attached hydrogen (secondary N) is 1. The molecule has 5 heteroatoms. The molecule has 88 valence electrons. The zero-order valence-electron chi connectivity index (χ0n) is 9.56. The lowest BCUT2D eigenvalue weighted by Crippen LogP contribution is -2.26. The summed E-state index contributed by atoms with van der Waals surface area (Å²) in [4.78, 5) is 15.7. The summed E-state index contributed by atoms with van der Waals surface area (Å²) in [5.41, 5.74) is 6.05. The Morgan fingerprint density at radius 3 is 3.06 bits per heavy atom. The van der Waals surface area contributed by atoms with Gasteiger partial charge in [0.25, 0.3) is 0 Å². The minimum atomic E-state index is -0.372. The number of hydrogen-bond acceptors (Lipinski definition) is 5. The van der Waals surface area contributed by atoms with Gasteiger partial charge in [-0.1, -0.05) is 0 Å². The van der Waals surface area contributed by atoms with Crippen molar-refractivity contribution in [2.24, 2.45) is 5.73 Å². The number of carbonyl (C=O) groups excluding carboxylic acids is 1. The number of rotatable bonds is 5. The van der Waals surface area contributed by atoms with Crippen molar-refractivity contribution in [3.63, 3.8) is 0 Å². The molecule has 0 saturated heterocycles. The Morgan fingerprint density at radius 2 is 2.44 bits per heavy atom. The lowest BCUT2D eigenvalue weighted by molar-refractivity contribution is 0.0527. The van der Waals surface area contributed by atoms with E-state index in [1.807, 2.05) is 6.92 Å². The molecule has 0 saturated carbocycles. The number of carbonyl (C=O) groups is 1. The maximum Gasteiger partial charge on any atom is 0.341 e. The molecule has 1 aromatic rings. The first-order chi connectivity index (χ1) is 7.65. The summed E-state index contributed by atoms with van der Waals surface area (Å²) in [5.74, 6) is 0.140. The van der Waals surface area contributed by atoms with Gasteiger partial charge in [0.1, 0.15) is 11.4 Å². The van der Waals surface area contributed by atoms with Crippen LogP contribution in [0.5, 0.6) is 0 Å². The third-order valence-corrected chi connectivity index (χ3v) is 1.89. The van der Waals surface area contributed by atoms with Crippen LogP contribution in [-0.2, 0) is 4.74 Å². The molecule has 5 nitrogen and oxygen atoms in total. The zero-order valence-corrected chi connectivity index (χ0v) is 9.56. The van der Waals surface area contributed by atoms with Gasteiger partial charge in [-0.2, -0.15) is 0 Å². The van der Waals surface area contributed by atoms with Gasteiger partial charge in [-0.25, -0.2) is 9.78 Å². The maximum atomic E-state index is 11.6. The molecule has 16 heavy (non-hydrogen) atoms. The maximum absolute atomic E-state index is 11.6. The van der Waals surface area contributed by atoms with Gasteiger partial charge in [0.15, 0.2) is 0 Å². The number of esters is 1. The molecule has 1 heterocycles. The molecule has 0 amide bonds. The van der Waals surface area contributed by atoms with Gasteiger partial charge in [-0.05, 0) is 26.0 Å². The number of pyridine rings is 1. The summed E-state index contributed by atoms with van der Waals surface area (Å²) in [6.45, 7) is 4.55. The minimum absolute atomic E-state index is 0.00273. The fourth-order valence-corrected chi connectivity index (χ4v) is 1.18. The van der Waals surface area contributed by atoms with Crippen LogP contribution in [-0.4, -0.2) is 30.1 Å². The highest BCUT2D eigenvalue weighted by molar-refractivity contribution is 5.94. The SMILES string of the molecule is CCOC(=O)c1cccnc1NCC(C)N. The summed E-state index contributed by atoms with van der Waals surface area (Å²) >= 11 is 0. The van der Waals surface area contributed by atoms with Gasteiger partial charge < -0.3 is 15.8 Å². The fraction of sp³-hybridized carbons (Fsp3) is 0.455. The highest BCUT2D eigenvalue weighted by Crippen LogP contribution is 2.12. The monoisotopic (exact) mass is 223 g/mol. The van der Waals surface area contributed by atoms with Gasteiger partial charge >= 0.3 is 5.97 Å². The largest absolute Gasteiger partial charge is 0.462 e. The van der Waals surface area contributed by atoms with Crippen molar-refractivity contribution in [1.82, 2.24) is 4.98 Å². The summed E-state index contributed by atoms with van der Waals surface area (Å²) in [6, 6.07) is 3.37. The number of anilines is 1. The Morgan fingerprint density at radius 1 is 1.69 bits per heavy atom. The molecule has 1 aromatic heterocycles. The van der Waals surface area contributed by atoms with Gasteiger partial charge in [0, 0.05) is 18.8 Å². The van der Waals surface area contributed by atoms with Crippen molar-refractivity contribution in [3.8, 4) is 0 Å². The van der Waals surface area contributed by atoms with E-state index in [0.29, 0.717) is 24.5 Å². The molecule has 1 rings (SSSR count). The lowest BCUT2D eigenvalue weighted by atomic mass is 10.2. The normalized spacial score (nSPS) is 11.9. The molecule has 0 radical (unpaired) electrons. The summed E-state index contributed by atoms with van der Waals surface area (Å²) < 4.78 is 4.93. The van der Waals surface area contributed by atoms with Crippen LogP contribution in [0.15, 0.2) is 18.3 Å². The Labute approximate surface area is 95.0 Å². The van der Waals surface area contributed by atoms with E-state index < -0.39 is 0 Å². The number of hydrogen-bond donors (Lipinski definition) is 2. The van der Waals surface area contributed by atoms with Crippen molar-refractivity contribution in [3.05, 3.63) is 23.9 Å². The van der Waals surface area contributed by atoms with E-state index in [4.69, 9.17) is 10.5 Å². The Hall–Kier alpha value is -1.62. The summed E-state index contributed by atoms with van der Waals surface area (Å²) in [6.07, 6.45) is 1.62. The van der Waals surface area contributed by atoms with Crippen LogP contribution in [0.2, 0.25) is 0 Å². The molecular weight excluding hydrogens is 206 g/mol. The van der Waals surface area contributed by atoms with Crippen molar-refractivity contribution >= 4 is 11.8 Å². The minimum Gasteiger partial charge on any atom is -0.462 e. The van der Waals surface area contributed by atoms with E-state index in [9.17, 15) is 4.79 Å². The van der Waals surface area contributed by atoms with E-state index in [1.165, 1.54) is 0 Å². The van der Waals surface area contributed by atoms with E-state index >= 15 is 0 Å². The van der Waals surface area contributed by atoms with Crippen LogP contribution >= 0.6 is 0 Å². The third kappa shape index (κ3) is 3.51. The van der Waals surface area contributed by atoms with Gasteiger partial charge in [-0.3, -0.25) is 0 Å². The molecule has 0 aromatic carbocycles. The predicted octanol–water partition coefficient (Wildman–Crippen LogP) is 1.02. The quantitative estimate of drug-likeness (QED) is 0.729. The third-order valence-electron chi connectivity index (χ3n) is 1.89.